The summed E-state index contributed by atoms with van der Waals surface area (Å²) in [5.41, 5.74) is -0.230. The Bertz CT molecular complexity index is 289. The fourth-order valence-electron chi connectivity index (χ4n) is 3.41. The average Bonchev–Trinajstić information content (AvgIpc) is 2.40. The second-order valence-electron chi connectivity index (χ2n) is 5.46. The first-order chi connectivity index (χ1) is 8.18. The fraction of sp³-hybridized carbons (Fsp3) is 0.846. The second-order valence-corrected chi connectivity index (χ2v) is 5.46. The van der Waals surface area contributed by atoms with E-state index in [2.05, 4.69) is 0 Å². The van der Waals surface area contributed by atoms with Crippen molar-refractivity contribution in [2.75, 3.05) is 13.1 Å². The van der Waals surface area contributed by atoms with E-state index < -0.39 is 6.09 Å². The van der Waals surface area contributed by atoms with Gasteiger partial charge in [-0.05, 0) is 31.6 Å². The molecule has 1 saturated carbocycles. The summed E-state index contributed by atoms with van der Waals surface area (Å²) in [6.45, 7) is 1.04. The smallest absolute Gasteiger partial charge is 0.407 e. The molecule has 0 atom stereocenters. The summed E-state index contributed by atoms with van der Waals surface area (Å²) in [6.07, 6.45) is 7.73. The predicted octanol–water partition coefficient (Wildman–Crippen LogP) is 2.53. The van der Waals surface area contributed by atoms with Crippen LogP contribution in [-0.2, 0) is 4.79 Å². The van der Waals surface area contributed by atoms with E-state index in [0.717, 1.165) is 19.1 Å². The van der Waals surface area contributed by atoms with Gasteiger partial charge in [0.25, 0.3) is 0 Å². The molecule has 1 N–H and O–H groups in total. The van der Waals surface area contributed by atoms with Crippen LogP contribution < -0.4 is 0 Å². The van der Waals surface area contributed by atoms with Crippen LogP contribution in [0.15, 0.2) is 0 Å². The van der Waals surface area contributed by atoms with Crippen LogP contribution in [0.25, 0.3) is 0 Å². The molecule has 1 amide bonds. The lowest BCUT2D eigenvalue weighted by molar-refractivity contribution is -0.123. The highest BCUT2D eigenvalue weighted by Gasteiger charge is 2.42. The predicted molar refractivity (Wildman–Crippen MR) is 63.9 cm³/mol. The average molecular weight is 239 g/mol. The summed E-state index contributed by atoms with van der Waals surface area (Å²) >= 11 is 0. The lowest BCUT2D eigenvalue weighted by atomic mass is 9.65. The number of rotatable bonds is 2. The standard InChI is InChI=1S/C13H21NO3/c15-10-13(11-4-2-1-3-5-11)6-8-14(9-7-13)12(16)17/h10-11H,1-9H2,(H,16,17). The topological polar surface area (TPSA) is 57.6 Å². The fourth-order valence-corrected chi connectivity index (χ4v) is 3.41. The Hall–Kier alpha value is -1.06. The number of hydrogen-bond donors (Lipinski definition) is 1. The van der Waals surface area contributed by atoms with Gasteiger partial charge in [0, 0.05) is 18.5 Å². The first-order valence-corrected chi connectivity index (χ1v) is 6.62. The van der Waals surface area contributed by atoms with E-state index in [1.807, 2.05) is 0 Å². The van der Waals surface area contributed by atoms with E-state index in [4.69, 9.17) is 5.11 Å². The molecule has 0 aromatic heterocycles. The number of piperidine rings is 1. The normalized spacial score (nSPS) is 25.5. The van der Waals surface area contributed by atoms with Crippen molar-refractivity contribution in [1.82, 2.24) is 4.90 Å². The van der Waals surface area contributed by atoms with Crippen LogP contribution in [0.3, 0.4) is 0 Å². The van der Waals surface area contributed by atoms with Gasteiger partial charge in [-0.2, -0.15) is 0 Å². The molecule has 0 bridgehead atoms. The van der Waals surface area contributed by atoms with Crippen molar-refractivity contribution >= 4 is 12.4 Å². The molecule has 17 heavy (non-hydrogen) atoms. The number of aldehydes is 1. The SMILES string of the molecule is O=CC1(C2CCCCC2)CCN(C(=O)O)CC1. The lowest BCUT2D eigenvalue weighted by Crippen LogP contribution is -2.47. The molecule has 0 aromatic rings. The third-order valence-electron chi connectivity index (χ3n) is 4.62. The van der Waals surface area contributed by atoms with Crippen molar-refractivity contribution in [2.45, 2.75) is 44.9 Å². The van der Waals surface area contributed by atoms with Crippen molar-refractivity contribution in [3.8, 4) is 0 Å². The number of amides is 1. The quantitative estimate of drug-likeness (QED) is 0.753. The van der Waals surface area contributed by atoms with E-state index in [1.54, 1.807) is 0 Å². The Morgan fingerprint density at radius 3 is 2.24 bits per heavy atom. The Balaban J connectivity index is 2.01. The molecule has 1 aliphatic heterocycles. The van der Waals surface area contributed by atoms with Gasteiger partial charge >= 0.3 is 6.09 Å². The summed E-state index contributed by atoms with van der Waals surface area (Å²) in [5.74, 6) is 0.490. The van der Waals surface area contributed by atoms with Crippen LogP contribution in [0.4, 0.5) is 4.79 Å². The first kappa shape index (κ1) is 12.4. The molecule has 0 aromatic carbocycles. The van der Waals surface area contributed by atoms with E-state index >= 15 is 0 Å². The van der Waals surface area contributed by atoms with Crippen LogP contribution >= 0.6 is 0 Å². The highest BCUT2D eigenvalue weighted by atomic mass is 16.4. The number of hydrogen-bond acceptors (Lipinski definition) is 2. The molecule has 2 fully saturated rings. The molecule has 96 valence electrons. The maximum Gasteiger partial charge on any atom is 0.407 e. The van der Waals surface area contributed by atoms with E-state index in [1.165, 1.54) is 24.2 Å². The molecule has 1 saturated heterocycles. The van der Waals surface area contributed by atoms with Crippen LogP contribution in [-0.4, -0.2) is 35.5 Å². The highest BCUT2D eigenvalue weighted by Crippen LogP contribution is 2.44. The number of carbonyl (C=O) groups is 2. The Kier molecular flexibility index (Phi) is 3.69. The van der Waals surface area contributed by atoms with Crippen LogP contribution in [0.5, 0.6) is 0 Å². The molecule has 0 radical (unpaired) electrons. The van der Waals surface area contributed by atoms with Crippen molar-refractivity contribution in [3.05, 3.63) is 0 Å². The molecule has 4 heteroatoms. The summed E-state index contributed by atoms with van der Waals surface area (Å²) in [5, 5.41) is 8.93. The van der Waals surface area contributed by atoms with Gasteiger partial charge in [0.1, 0.15) is 6.29 Å². The summed E-state index contributed by atoms with van der Waals surface area (Å²) < 4.78 is 0. The second kappa shape index (κ2) is 5.07. The van der Waals surface area contributed by atoms with Crippen molar-refractivity contribution in [3.63, 3.8) is 0 Å². The molecule has 2 aliphatic rings. The molecule has 1 aliphatic carbocycles. The van der Waals surface area contributed by atoms with Gasteiger partial charge in [0.2, 0.25) is 0 Å². The van der Waals surface area contributed by atoms with Gasteiger partial charge < -0.3 is 14.8 Å². The Morgan fingerprint density at radius 1 is 1.18 bits per heavy atom. The Labute approximate surface area is 102 Å². The van der Waals surface area contributed by atoms with Crippen LogP contribution in [0.2, 0.25) is 0 Å². The largest absolute Gasteiger partial charge is 0.465 e. The summed E-state index contributed by atoms with van der Waals surface area (Å²) in [4.78, 5) is 23.8. The zero-order chi connectivity index (χ0) is 12.3. The highest BCUT2D eigenvalue weighted by molar-refractivity contribution is 5.66. The summed E-state index contributed by atoms with van der Waals surface area (Å²) in [6, 6.07) is 0. The number of carbonyl (C=O) groups excluding carboxylic acids is 1. The molecule has 1 heterocycles. The molecule has 4 nitrogen and oxygen atoms in total. The number of carboxylic acid groups (broad SMARTS) is 1. The first-order valence-electron chi connectivity index (χ1n) is 6.62. The zero-order valence-corrected chi connectivity index (χ0v) is 10.2. The molecule has 0 unspecified atom stereocenters. The minimum Gasteiger partial charge on any atom is -0.465 e. The number of likely N-dealkylation sites (tertiary alicyclic amines) is 1. The lowest BCUT2D eigenvalue weighted by Gasteiger charge is -2.43. The van der Waals surface area contributed by atoms with Gasteiger partial charge in [-0.15, -0.1) is 0 Å². The third kappa shape index (κ3) is 2.45. The van der Waals surface area contributed by atoms with Gasteiger partial charge in [-0.1, -0.05) is 19.3 Å². The molecular formula is C13H21NO3. The van der Waals surface area contributed by atoms with Crippen molar-refractivity contribution in [1.29, 1.82) is 0 Å². The van der Waals surface area contributed by atoms with Gasteiger partial charge in [0.05, 0.1) is 0 Å². The number of nitrogens with zero attached hydrogens (tertiary/aromatic N) is 1. The van der Waals surface area contributed by atoms with Crippen molar-refractivity contribution in [2.24, 2.45) is 11.3 Å². The minimum atomic E-state index is -0.854. The third-order valence-corrected chi connectivity index (χ3v) is 4.62. The minimum absolute atomic E-state index is 0.230. The van der Waals surface area contributed by atoms with E-state index in [-0.39, 0.29) is 5.41 Å². The molecule has 2 rings (SSSR count). The maximum atomic E-state index is 11.5. The van der Waals surface area contributed by atoms with Gasteiger partial charge in [-0.25, -0.2) is 4.79 Å². The van der Waals surface area contributed by atoms with Crippen molar-refractivity contribution < 1.29 is 14.7 Å². The zero-order valence-electron chi connectivity index (χ0n) is 10.2. The van der Waals surface area contributed by atoms with Crippen LogP contribution in [0.1, 0.15) is 44.9 Å². The van der Waals surface area contributed by atoms with Gasteiger partial charge in [0.15, 0.2) is 0 Å². The van der Waals surface area contributed by atoms with Gasteiger partial charge in [-0.3, -0.25) is 0 Å². The maximum absolute atomic E-state index is 11.5. The van der Waals surface area contributed by atoms with E-state index in [9.17, 15) is 9.59 Å². The summed E-state index contributed by atoms with van der Waals surface area (Å²) in [7, 11) is 0. The Morgan fingerprint density at radius 2 is 1.76 bits per heavy atom. The molecular weight excluding hydrogens is 218 g/mol. The molecule has 0 spiro atoms. The van der Waals surface area contributed by atoms with E-state index in [0.29, 0.717) is 31.8 Å². The monoisotopic (exact) mass is 239 g/mol. The van der Waals surface area contributed by atoms with Crippen LogP contribution in [0, 0.1) is 11.3 Å².